The third-order valence-corrected chi connectivity index (χ3v) is 6.17. The van der Waals surface area contributed by atoms with E-state index in [4.69, 9.17) is 4.74 Å². The van der Waals surface area contributed by atoms with Crippen molar-refractivity contribution < 1.29 is 14.6 Å². The lowest BCUT2D eigenvalue weighted by Gasteiger charge is -2.30. The topological polar surface area (TPSA) is 71.8 Å². The Labute approximate surface area is 180 Å². The summed E-state index contributed by atoms with van der Waals surface area (Å²) < 4.78 is 7.79. The largest absolute Gasteiger partial charge is 0.485 e. The average molecular weight is 416 g/mol. The number of ether oxygens (including phenoxy) is 1. The predicted octanol–water partition coefficient (Wildman–Crippen LogP) is 4.32. The molecule has 1 atom stereocenters. The molecule has 3 heterocycles. The highest BCUT2D eigenvalue weighted by molar-refractivity contribution is 5.89. The van der Waals surface area contributed by atoms with Crippen LogP contribution in [0.2, 0.25) is 0 Å². The number of aromatic nitrogens is 1. The molecular weight excluding hydrogens is 392 g/mol. The predicted molar refractivity (Wildman–Crippen MR) is 119 cm³/mol. The molecule has 0 amide bonds. The molecule has 1 N–H and O–H groups in total. The van der Waals surface area contributed by atoms with Crippen LogP contribution in [-0.2, 0) is 6.54 Å². The molecule has 2 aliphatic heterocycles. The van der Waals surface area contributed by atoms with Crippen LogP contribution in [0.5, 0.6) is 5.75 Å². The third kappa shape index (κ3) is 3.38. The summed E-state index contributed by atoms with van der Waals surface area (Å²) in [5.41, 5.74) is 3.59. The first-order chi connectivity index (χ1) is 15.0. The second-order valence-corrected chi connectivity index (χ2v) is 8.18. The van der Waals surface area contributed by atoms with E-state index >= 15 is 0 Å². The number of aromatic carboxylic acids is 1. The summed E-state index contributed by atoms with van der Waals surface area (Å²) in [6.07, 6.45) is 2.01. The van der Waals surface area contributed by atoms with Crippen LogP contribution in [0.4, 0.5) is 5.69 Å². The molecule has 158 valence electrons. The fourth-order valence-electron chi connectivity index (χ4n) is 4.60. The summed E-state index contributed by atoms with van der Waals surface area (Å²) in [4.78, 5) is 27.4. The summed E-state index contributed by atoms with van der Waals surface area (Å²) in [6, 6.07) is 17.2. The van der Waals surface area contributed by atoms with Gasteiger partial charge in [-0.05, 0) is 43.5 Å². The van der Waals surface area contributed by atoms with Crippen LogP contribution in [0.15, 0.2) is 59.4 Å². The molecule has 31 heavy (non-hydrogen) atoms. The Bertz CT molecular complexity index is 1210. The van der Waals surface area contributed by atoms with E-state index in [-0.39, 0.29) is 11.7 Å². The smallest absolute Gasteiger partial charge is 0.341 e. The summed E-state index contributed by atoms with van der Waals surface area (Å²) >= 11 is 0. The maximum atomic E-state index is 13.2. The Balaban J connectivity index is 1.71. The molecule has 3 aromatic rings. The van der Waals surface area contributed by atoms with E-state index in [2.05, 4.69) is 11.0 Å². The number of fused-ring (bicyclic) bond motifs is 3. The molecule has 0 aliphatic carbocycles. The highest BCUT2D eigenvalue weighted by Crippen LogP contribution is 2.44. The number of hydrogen-bond acceptors (Lipinski definition) is 4. The normalized spacial score (nSPS) is 17.1. The van der Waals surface area contributed by atoms with Crippen LogP contribution >= 0.6 is 0 Å². The monoisotopic (exact) mass is 416 g/mol. The van der Waals surface area contributed by atoms with Gasteiger partial charge in [-0.3, -0.25) is 4.79 Å². The van der Waals surface area contributed by atoms with Crippen molar-refractivity contribution in [1.29, 1.82) is 0 Å². The van der Waals surface area contributed by atoms with Crippen molar-refractivity contribution in [3.05, 3.63) is 81.6 Å². The van der Waals surface area contributed by atoms with E-state index in [9.17, 15) is 14.7 Å². The van der Waals surface area contributed by atoms with Crippen molar-refractivity contribution in [2.75, 3.05) is 18.0 Å². The van der Waals surface area contributed by atoms with Crippen LogP contribution in [0.25, 0.3) is 11.3 Å². The standard InChI is InChI=1S/C25H24N2O4/c1-16-20-14-21(25(29)30)24(28)27(15-17-7-3-2-4-8-17)23(20)19-10-9-18(13-22(19)31-16)26-11-5-6-12-26/h2-4,7-10,13-14,16H,5-6,11-12,15H2,1H3,(H,29,30). The molecule has 5 rings (SSSR count). The fourth-order valence-corrected chi connectivity index (χ4v) is 4.60. The van der Waals surface area contributed by atoms with Gasteiger partial charge in [0.2, 0.25) is 0 Å². The molecule has 1 unspecified atom stereocenters. The maximum Gasteiger partial charge on any atom is 0.341 e. The second kappa shape index (κ2) is 7.61. The number of carboxylic acids is 1. The second-order valence-electron chi connectivity index (χ2n) is 8.18. The highest BCUT2D eigenvalue weighted by atomic mass is 16.5. The molecule has 2 aliphatic rings. The van der Waals surface area contributed by atoms with Gasteiger partial charge < -0.3 is 19.3 Å². The number of hydrogen-bond donors (Lipinski definition) is 1. The van der Waals surface area contributed by atoms with Crippen LogP contribution in [0.1, 0.15) is 47.4 Å². The molecule has 6 nitrogen and oxygen atoms in total. The Morgan fingerprint density at radius 3 is 2.55 bits per heavy atom. The van der Waals surface area contributed by atoms with E-state index in [0.29, 0.717) is 12.1 Å². The van der Waals surface area contributed by atoms with Crippen molar-refractivity contribution in [3.63, 3.8) is 0 Å². The Morgan fingerprint density at radius 2 is 1.84 bits per heavy atom. The number of carbonyl (C=O) groups is 1. The summed E-state index contributed by atoms with van der Waals surface area (Å²) in [5, 5.41) is 9.64. The third-order valence-electron chi connectivity index (χ3n) is 6.17. The van der Waals surface area contributed by atoms with Gasteiger partial charge in [-0.1, -0.05) is 30.3 Å². The van der Waals surface area contributed by atoms with Gasteiger partial charge in [-0.15, -0.1) is 0 Å². The van der Waals surface area contributed by atoms with Crippen LogP contribution in [0, 0.1) is 0 Å². The molecule has 0 saturated carbocycles. The van der Waals surface area contributed by atoms with E-state index in [1.807, 2.05) is 49.4 Å². The van der Waals surface area contributed by atoms with Crippen molar-refractivity contribution in [2.45, 2.75) is 32.4 Å². The average Bonchev–Trinajstić information content (AvgIpc) is 3.30. The lowest BCUT2D eigenvalue weighted by molar-refractivity contribution is 0.0694. The Morgan fingerprint density at radius 1 is 1.10 bits per heavy atom. The molecule has 1 fully saturated rings. The SMILES string of the molecule is CC1Oc2cc(N3CCCC3)ccc2-c2c1cc(C(=O)O)c(=O)n2Cc1ccccc1. The zero-order valence-corrected chi connectivity index (χ0v) is 17.4. The van der Waals surface area contributed by atoms with Gasteiger partial charge in [-0.2, -0.15) is 0 Å². The number of pyridine rings is 1. The first-order valence-electron chi connectivity index (χ1n) is 10.6. The number of benzene rings is 2. The lowest BCUT2D eigenvalue weighted by Crippen LogP contribution is -2.31. The van der Waals surface area contributed by atoms with Gasteiger partial charge in [0, 0.05) is 36.0 Å². The number of anilines is 1. The van der Waals surface area contributed by atoms with Gasteiger partial charge in [0.15, 0.2) is 0 Å². The first kappa shape index (κ1) is 19.4. The van der Waals surface area contributed by atoms with Crippen molar-refractivity contribution >= 4 is 11.7 Å². The van der Waals surface area contributed by atoms with Gasteiger partial charge in [0.1, 0.15) is 17.4 Å². The van der Waals surface area contributed by atoms with E-state index < -0.39 is 11.5 Å². The molecule has 1 saturated heterocycles. The lowest BCUT2D eigenvalue weighted by atomic mass is 9.95. The number of carboxylic acid groups (broad SMARTS) is 1. The minimum Gasteiger partial charge on any atom is -0.485 e. The Hall–Kier alpha value is -3.54. The fraction of sp³-hybridized carbons (Fsp3) is 0.280. The maximum absolute atomic E-state index is 13.2. The van der Waals surface area contributed by atoms with Crippen LogP contribution in [-0.4, -0.2) is 28.7 Å². The van der Waals surface area contributed by atoms with Gasteiger partial charge >= 0.3 is 5.97 Å². The van der Waals surface area contributed by atoms with E-state index in [0.717, 1.165) is 41.3 Å². The van der Waals surface area contributed by atoms with Crippen LogP contribution < -0.4 is 15.2 Å². The molecule has 0 radical (unpaired) electrons. The summed E-state index contributed by atoms with van der Waals surface area (Å²) in [5.74, 6) is -0.495. The van der Waals surface area contributed by atoms with Gasteiger partial charge in [-0.25, -0.2) is 4.79 Å². The van der Waals surface area contributed by atoms with Crippen molar-refractivity contribution in [2.24, 2.45) is 0 Å². The quantitative estimate of drug-likeness (QED) is 0.686. The number of rotatable bonds is 4. The molecule has 0 bridgehead atoms. The zero-order chi connectivity index (χ0) is 21.5. The molecule has 2 aromatic carbocycles. The zero-order valence-electron chi connectivity index (χ0n) is 17.4. The van der Waals surface area contributed by atoms with Crippen molar-refractivity contribution in [1.82, 2.24) is 4.57 Å². The summed E-state index contributed by atoms with van der Waals surface area (Å²) in [6.45, 7) is 4.26. The minimum atomic E-state index is -1.23. The van der Waals surface area contributed by atoms with Crippen LogP contribution in [0.3, 0.4) is 0 Å². The first-order valence-corrected chi connectivity index (χ1v) is 10.6. The molecule has 0 spiro atoms. The van der Waals surface area contributed by atoms with Gasteiger partial charge in [0.25, 0.3) is 5.56 Å². The summed E-state index contributed by atoms with van der Waals surface area (Å²) in [7, 11) is 0. The van der Waals surface area contributed by atoms with Crippen molar-refractivity contribution in [3.8, 4) is 17.0 Å². The van der Waals surface area contributed by atoms with Gasteiger partial charge in [0.05, 0.1) is 12.2 Å². The number of nitrogens with zero attached hydrogens (tertiary/aromatic N) is 2. The molecular formula is C25H24N2O4. The van der Waals surface area contributed by atoms with E-state index in [1.165, 1.54) is 18.9 Å². The highest BCUT2D eigenvalue weighted by Gasteiger charge is 2.30. The van der Waals surface area contributed by atoms with E-state index in [1.54, 1.807) is 4.57 Å². The molecule has 1 aromatic heterocycles. The molecule has 6 heteroatoms. The Kier molecular flexibility index (Phi) is 4.77. The minimum absolute atomic E-state index is 0.234.